The average Bonchev–Trinajstić information content (AvgIpc) is 3.02. The summed E-state index contributed by atoms with van der Waals surface area (Å²) in [5, 5.41) is 15.1. The minimum atomic E-state index is -0.0877. The lowest BCUT2D eigenvalue weighted by molar-refractivity contribution is -0.143. The van der Waals surface area contributed by atoms with E-state index in [2.05, 4.69) is 31.7 Å². The summed E-state index contributed by atoms with van der Waals surface area (Å²) < 4.78 is 10.3. The van der Waals surface area contributed by atoms with Crippen molar-refractivity contribution in [3.05, 3.63) is 59.2 Å². The maximum absolute atomic E-state index is 11.8. The summed E-state index contributed by atoms with van der Waals surface area (Å²) >= 11 is 0. The Kier molecular flexibility index (Phi) is 9.74. The third-order valence-corrected chi connectivity index (χ3v) is 6.54. The first kappa shape index (κ1) is 28.9. The molecule has 5 heterocycles. The van der Waals surface area contributed by atoms with Crippen LogP contribution < -0.4 is 20.3 Å². The third kappa shape index (κ3) is 6.92. The number of hydrogen-bond acceptors (Lipinski definition) is 11. The molecule has 5 rings (SSSR count). The van der Waals surface area contributed by atoms with Crippen LogP contribution in [0.1, 0.15) is 33.6 Å². The number of hydrogen-bond donors (Lipinski definition) is 2. The fourth-order valence-corrected chi connectivity index (χ4v) is 4.42. The lowest BCUT2D eigenvalue weighted by Gasteiger charge is -2.29. The number of amides is 2. The van der Waals surface area contributed by atoms with Gasteiger partial charge in [0.25, 0.3) is 0 Å². The molecule has 13 heteroatoms. The zero-order valence-corrected chi connectivity index (χ0v) is 22.8. The van der Waals surface area contributed by atoms with Crippen molar-refractivity contribution in [2.24, 2.45) is 0 Å². The molecule has 0 saturated carbocycles. The van der Waals surface area contributed by atoms with Gasteiger partial charge < -0.3 is 25.0 Å². The maximum Gasteiger partial charge on any atom is 0.248 e. The van der Waals surface area contributed by atoms with Crippen molar-refractivity contribution in [1.82, 2.24) is 19.9 Å². The first-order chi connectivity index (χ1) is 20.0. The largest absolute Gasteiger partial charge is 0.494 e. The number of morpholine rings is 1. The highest BCUT2D eigenvalue weighted by Crippen LogP contribution is 2.29. The van der Waals surface area contributed by atoms with Crippen molar-refractivity contribution in [3.63, 3.8) is 0 Å². The average molecular weight is 559 g/mol. The van der Waals surface area contributed by atoms with E-state index >= 15 is 0 Å². The fourth-order valence-electron chi connectivity index (χ4n) is 4.42. The molecule has 0 bridgehead atoms. The predicted molar refractivity (Wildman–Crippen MR) is 150 cm³/mol. The van der Waals surface area contributed by atoms with Crippen molar-refractivity contribution < 1.29 is 23.9 Å². The normalized spacial score (nSPS) is 14.1. The van der Waals surface area contributed by atoms with Gasteiger partial charge in [-0.05, 0) is 24.5 Å². The van der Waals surface area contributed by atoms with E-state index < -0.39 is 0 Å². The highest BCUT2D eigenvalue weighted by Gasteiger charge is 2.24. The van der Waals surface area contributed by atoms with E-state index in [1.54, 1.807) is 43.6 Å². The number of nitrogens with one attached hydrogen (secondary N) is 2. The molecule has 3 aromatic rings. The lowest BCUT2D eigenvalue weighted by Crippen LogP contribution is -2.41. The summed E-state index contributed by atoms with van der Waals surface area (Å²) in [7, 11) is 3.35. The number of aldehydes is 1. The van der Waals surface area contributed by atoms with Gasteiger partial charge >= 0.3 is 0 Å². The number of rotatable bonds is 8. The molecule has 13 nitrogen and oxygen atoms in total. The molecular formula is C28H30N8O5. The second-order valence-corrected chi connectivity index (χ2v) is 9.08. The molecule has 0 spiro atoms. The van der Waals surface area contributed by atoms with Crippen molar-refractivity contribution >= 4 is 41.6 Å². The van der Waals surface area contributed by atoms with E-state index in [0.717, 1.165) is 30.4 Å². The van der Waals surface area contributed by atoms with Crippen LogP contribution >= 0.6 is 0 Å². The molecule has 41 heavy (non-hydrogen) atoms. The molecule has 1 fully saturated rings. The number of pyridine rings is 3. The molecule has 2 amide bonds. The van der Waals surface area contributed by atoms with Gasteiger partial charge in [-0.3, -0.25) is 24.3 Å². The number of anilines is 4. The van der Waals surface area contributed by atoms with Gasteiger partial charge in [-0.15, -0.1) is 0 Å². The summed E-state index contributed by atoms with van der Waals surface area (Å²) in [5.41, 5.74) is 3.73. The minimum Gasteiger partial charge on any atom is -0.494 e. The SMILES string of the molecule is CNc1cc(Nc2cnccc2OC)c(C#N)cn1.O=Cc1nc2c(cc1CN1CCOCC1=O)CCCN2C=O. The molecule has 0 unspecified atom stereocenters. The van der Waals surface area contributed by atoms with Gasteiger partial charge in [0.15, 0.2) is 6.29 Å². The molecule has 2 aliphatic heterocycles. The van der Waals surface area contributed by atoms with E-state index in [9.17, 15) is 14.4 Å². The van der Waals surface area contributed by atoms with Gasteiger partial charge in [-0.2, -0.15) is 5.26 Å². The Balaban J connectivity index is 0.000000191. The van der Waals surface area contributed by atoms with Gasteiger partial charge in [-0.25, -0.2) is 9.97 Å². The molecule has 2 aliphatic rings. The predicted octanol–water partition coefficient (Wildman–Crippen LogP) is 2.30. The van der Waals surface area contributed by atoms with Crippen LogP contribution in [-0.2, 0) is 27.3 Å². The lowest BCUT2D eigenvalue weighted by atomic mass is 10.0. The zero-order chi connectivity index (χ0) is 29.2. The standard InChI is InChI=1S/C15H17N3O4.C13H13N5O/c19-8-13-12(7-17-4-5-22-9-14(17)21)6-11-2-1-3-18(10-20)15(11)16-13;1-15-13-5-10(9(6-14)7-17-13)18-11-8-16-4-3-12(11)19-2/h6,8,10H,1-5,7,9H2;3-5,7-8H,1-2H3,(H2,15,17,18). The summed E-state index contributed by atoms with van der Waals surface area (Å²) in [6.45, 7) is 2.04. The Bertz CT molecular complexity index is 1460. The van der Waals surface area contributed by atoms with Crippen LogP contribution in [0.5, 0.6) is 5.75 Å². The smallest absolute Gasteiger partial charge is 0.248 e. The summed E-state index contributed by atoms with van der Waals surface area (Å²) in [4.78, 5) is 49.9. The van der Waals surface area contributed by atoms with Gasteiger partial charge in [0.1, 0.15) is 35.8 Å². The molecule has 1 saturated heterocycles. The van der Waals surface area contributed by atoms with E-state index in [-0.39, 0.29) is 18.2 Å². The van der Waals surface area contributed by atoms with Crippen LogP contribution in [0.3, 0.4) is 0 Å². The fraction of sp³-hybridized carbons (Fsp3) is 0.321. The van der Waals surface area contributed by atoms with Crippen LogP contribution in [0, 0.1) is 11.3 Å². The zero-order valence-electron chi connectivity index (χ0n) is 22.8. The molecule has 0 aromatic carbocycles. The molecule has 0 radical (unpaired) electrons. The maximum atomic E-state index is 11.8. The second-order valence-electron chi connectivity index (χ2n) is 9.08. The summed E-state index contributed by atoms with van der Waals surface area (Å²) in [6, 6.07) is 7.48. The summed E-state index contributed by atoms with van der Waals surface area (Å²) in [5.74, 6) is 1.79. The number of nitriles is 1. The number of nitrogens with zero attached hydrogens (tertiary/aromatic N) is 6. The Hall–Kier alpha value is -5.09. The highest BCUT2D eigenvalue weighted by molar-refractivity contribution is 5.82. The molecular weight excluding hydrogens is 528 g/mol. The number of aromatic nitrogens is 3. The molecule has 0 atom stereocenters. The van der Waals surface area contributed by atoms with E-state index in [0.29, 0.717) is 66.9 Å². The Morgan fingerprint density at radius 3 is 2.78 bits per heavy atom. The van der Waals surface area contributed by atoms with Crippen LogP contribution in [0.2, 0.25) is 0 Å². The number of aryl methyl sites for hydroxylation is 1. The number of carbonyl (C=O) groups excluding carboxylic acids is 3. The second kappa shape index (κ2) is 13.8. The third-order valence-electron chi connectivity index (χ3n) is 6.54. The summed E-state index contributed by atoms with van der Waals surface area (Å²) in [6.07, 6.45) is 7.89. The number of ether oxygens (including phenoxy) is 2. The van der Waals surface area contributed by atoms with Crippen LogP contribution in [0.15, 0.2) is 36.8 Å². The van der Waals surface area contributed by atoms with Crippen molar-refractivity contribution in [3.8, 4) is 11.8 Å². The van der Waals surface area contributed by atoms with Gasteiger partial charge in [0.2, 0.25) is 12.3 Å². The number of methoxy groups -OCH3 is 1. The quantitative estimate of drug-likeness (QED) is 0.390. The molecule has 2 N–H and O–H groups in total. The van der Waals surface area contributed by atoms with Crippen LogP contribution in [-0.4, -0.2) is 78.9 Å². The first-order valence-corrected chi connectivity index (χ1v) is 12.9. The van der Waals surface area contributed by atoms with Crippen molar-refractivity contribution in [2.45, 2.75) is 19.4 Å². The van der Waals surface area contributed by atoms with E-state index in [1.165, 1.54) is 11.1 Å². The van der Waals surface area contributed by atoms with Gasteiger partial charge in [0, 0.05) is 56.8 Å². The van der Waals surface area contributed by atoms with Crippen molar-refractivity contribution in [2.75, 3.05) is 56.0 Å². The Morgan fingerprint density at radius 1 is 1.22 bits per heavy atom. The van der Waals surface area contributed by atoms with Crippen LogP contribution in [0.4, 0.5) is 23.0 Å². The highest BCUT2D eigenvalue weighted by atomic mass is 16.5. The topological polar surface area (TPSA) is 163 Å². The van der Waals surface area contributed by atoms with Gasteiger partial charge in [0.05, 0.1) is 36.9 Å². The van der Waals surface area contributed by atoms with Crippen molar-refractivity contribution in [1.29, 1.82) is 5.26 Å². The monoisotopic (exact) mass is 558 g/mol. The molecule has 3 aromatic heterocycles. The molecule has 0 aliphatic carbocycles. The Morgan fingerprint density at radius 2 is 2.07 bits per heavy atom. The van der Waals surface area contributed by atoms with Gasteiger partial charge in [-0.1, -0.05) is 0 Å². The first-order valence-electron chi connectivity index (χ1n) is 12.9. The minimum absolute atomic E-state index is 0.0771. The Labute approximate surface area is 237 Å². The van der Waals surface area contributed by atoms with Crippen LogP contribution in [0.25, 0.3) is 0 Å². The van der Waals surface area contributed by atoms with E-state index in [1.807, 2.05) is 6.07 Å². The number of fused-ring (bicyclic) bond motifs is 1. The number of carbonyl (C=O) groups is 3. The van der Waals surface area contributed by atoms with E-state index in [4.69, 9.17) is 14.7 Å². The molecule has 212 valence electrons.